The van der Waals surface area contributed by atoms with E-state index in [-0.39, 0.29) is 11.8 Å². The Labute approximate surface area is 110 Å². The summed E-state index contributed by atoms with van der Waals surface area (Å²) in [7, 11) is 1.97. The molecule has 0 heterocycles. The van der Waals surface area contributed by atoms with E-state index in [2.05, 4.69) is 0 Å². The van der Waals surface area contributed by atoms with E-state index in [1.54, 1.807) is 23.2 Å². The van der Waals surface area contributed by atoms with E-state index in [0.717, 1.165) is 10.8 Å². The molecule has 0 unspecified atom stereocenters. The van der Waals surface area contributed by atoms with Crippen LogP contribution in [0.2, 0.25) is 0 Å². The van der Waals surface area contributed by atoms with Crippen LogP contribution in [-0.4, -0.2) is 44.2 Å². The maximum Gasteiger partial charge on any atom is 0.340 e. The molecule has 1 aromatic carbocycles. The van der Waals surface area contributed by atoms with Crippen LogP contribution >= 0.6 is 0 Å². The first-order chi connectivity index (χ1) is 8.36. The van der Waals surface area contributed by atoms with E-state index in [1.807, 2.05) is 31.2 Å². The largest absolute Gasteiger partial charge is 0.350 e. The second-order valence-electron chi connectivity index (χ2n) is 4.29. The second-order valence-corrected chi connectivity index (χ2v) is 6.82. The molecule has 97 valence electrons. The predicted molar refractivity (Wildman–Crippen MR) is 73.5 cm³/mol. The Hall–Kier alpha value is -1.62. The van der Waals surface area contributed by atoms with Gasteiger partial charge in [0, 0.05) is 27.9 Å². The molecule has 5 heteroatoms. The third-order valence-corrected chi connectivity index (χ3v) is 5.91. The fourth-order valence-corrected chi connectivity index (χ4v) is 4.16. The van der Waals surface area contributed by atoms with Gasteiger partial charge in [-0.15, -0.1) is 0 Å². The standard InChI is InChI=1S/C13H19N2O2Si/c1-10-8-6-7-9-13(10)18(14(4)11(2)16)15(5)12(3)17/h6-9H,1-5H3. The third-order valence-electron chi connectivity index (χ3n) is 2.97. The normalized spacial score (nSPS) is 10.3. The summed E-state index contributed by atoms with van der Waals surface area (Å²) in [6.45, 7) is 5.05. The fraction of sp³-hybridized carbons (Fsp3) is 0.385. The Bertz CT molecular complexity index is 442. The number of benzene rings is 1. The lowest BCUT2D eigenvalue weighted by Crippen LogP contribution is -2.60. The third kappa shape index (κ3) is 2.98. The van der Waals surface area contributed by atoms with Gasteiger partial charge in [0.15, 0.2) is 0 Å². The molecule has 0 aliphatic heterocycles. The van der Waals surface area contributed by atoms with Gasteiger partial charge in [0.25, 0.3) is 0 Å². The Kier molecular flexibility index (Phi) is 4.67. The van der Waals surface area contributed by atoms with Gasteiger partial charge in [0.2, 0.25) is 11.8 Å². The quantitative estimate of drug-likeness (QED) is 0.751. The van der Waals surface area contributed by atoms with Gasteiger partial charge in [-0.1, -0.05) is 24.3 Å². The predicted octanol–water partition coefficient (Wildman–Crippen LogP) is 0.647. The molecular formula is C13H19N2O2Si. The number of carbonyl (C=O) groups is 2. The van der Waals surface area contributed by atoms with Crippen LogP contribution in [0, 0.1) is 6.92 Å². The number of hydrogen-bond donors (Lipinski definition) is 0. The van der Waals surface area contributed by atoms with Gasteiger partial charge in [0.05, 0.1) is 0 Å². The molecule has 0 spiro atoms. The zero-order valence-electron chi connectivity index (χ0n) is 11.5. The lowest BCUT2D eigenvalue weighted by Gasteiger charge is -2.32. The molecule has 0 aromatic heterocycles. The Morgan fingerprint density at radius 1 is 1.00 bits per heavy atom. The maximum atomic E-state index is 11.6. The molecule has 0 saturated heterocycles. The van der Waals surface area contributed by atoms with E-state index in [0.29, 0.717) is 0 Å². The van der Waals surface area contributed by atoms with Crippen molar-refractivity contribution in [2.45, 2.75) is 20.8 Å². The number of nitrogens with zero attached hydrogens (tertiary/aromatic N) is 2. The van der Waals surface area contributed by atoms with Gasteiger partial charge in [-0.3, -0.25) is 9.59 Å². The van der Waals surface area contributed by atoms with Crippen molar-refractivity contribution in [3.63, 3.8) is 0 Å². The minimum atomic E-state index is -1.54. The smallest absolute Gasteiger partial charge is 0.340 e. The van der Waals surface area contributed by atoms with E-state index in [9.17, 15) is 9.59 Å². The highest BCUT2D eigenvalue weighted by molar-refractivity contribution is 6.72. The second kappa shape index (κ2) is 5.82. The highest BCUT2D eigenvalue weighted by atomic mass is 28.3. The molecule has 0 atom stereocenters. The van der Waals surface area contributed by atoms with Crippen LogP contribution in [-0.2, 0) is 9.59 Å². The van der Waals surface area contributed by atoms with Gasteiger partial charge >= 0.3 is 9.12 Å². The first kappa shape index (κ1) is 14.4. The molecule has 0 saturated carbocycles. The van der Waals surface area contributed by atoms with Crippen molar-refractivity contribution >= 4 is 26.1 Å². The summed E-state index contributed by atoms with van der Waals surface area (Å²) < 4.78 is 3.35. The number of hydrogen-bond acceptors (Lipinski definition) is 2. The average Bonchev–Trinajstić information content (AvgIpc) is 2.31. The lowest BCUT2D eigenvalue weighted by molar-refractivity contribution is -0.125. The summed E-state index contributed by atoms with van der Waals surface area (Å²) in [6, 6.07) is 7.89. The molecule has 1 radical (unpaired) electrons. The lowest BCUT2D eigenvalue weighted by atomic mass is 10.2. The first-order valence-corrected chi connectivity index (χ1v) is 7.17. The number of carbonyl (C=O) groups excluding carboxylic acids is 2. The highest BCUT2D eigenvalue weighted by Crippen LogP contribution is 2.04. The van der Waals surface area contributed by atoms with Crippen LogP contribution < -0.4 is 5.19 Å². The SMILES string of the molecule is CC(=O)N(C)[Si](c1ccccc1C)N(C)C(C)=O. The molecule has 0 bridgehead atoms. The number of aryl methyl sites for hydroxylation is 1. The van der Waals surface area contributed by atoms with Crippen LogP contribution in [0.4, 0.5) is 0 Å². The minimum Gasteiger partial charge on any atom is -0.350 e. The van der Waals surface area contributed by atoms with E-state index in [4.69, 9.17) is 0 Å². The molecule has 1 aromatic rings. The average molecular weight is 263 g/mol. The Morgan fingerprint density at radius 3 is 1.83 bits per heavy atom. The zero-order valence-corrected chi connectivity index (χ0v) is 12.5. The van der Waals surface area contributed by atoms with Crippen molar-refractivity contribution in [1.82, 2.24) is 9.13 Å². The van der Waals surface area contributed by atoms with Crippen LogP contribution in [0.1, 0.15) is 19.4 Å². The molecule has 0 aliphatic rings. The van der Waals surface area contributed by atoms with Crippen molar-refractivity contribution in [2.75, 3.05) is 14.1 Å². The van der Waals surface area contributed by atoms with Gasteiger partial charge in [-0.2, -0.15) is 0 Å². The molecule has 1 rings (SSSR count). The molecule has 4 nitrogen and oxygen atoms in total. The first-order valence-electron chi connectivity index (χ1n) is 5.77. The topological polar surface area (TPSA) is 40.6 Å². The van der Waals surface area contributed by atoms with Crippen molar-refractivity contribution in [2.24, 2.45) is 0 Å². The van der Waals surface area contributed by atoms with E-state index >= 15 is 0 Å². The molecular weight excluding hydrogens is 244 g/mol. The Balaban J connectivity index is 3.25. The maximum absolute atomic E-state index is 11.6. The van der Waals surface area contributed by atoms with E-state index in [1.165, 1.54) is 13.8 Å². The molecule has 18 heavy (non-hydrogen) atoms. The summed E-state index contributed by atoms with van der Waals surface area (Å²) in [4.78, 5) is 23.2. The van der Waals surface area contributed by atoms with Crippen LogP contribution in [0.3, 0.4) is 0 Å². The summed E-state index contributed by atoms with van der Waals surface area (Å²) in [5.74, 6) is -0.0551. The molecule has 2 amide bonds. The van der Waals surface area contributed by atoms with Crippen molar-refractivity contribution in [1.29, 1.82) is 0 Å². The fourth-order valence-electron chi connectivity index (χ4n) is 1.71. The Morgan fingerprint density at radius 2 is 1.44 bits per heavy atom. The van der Waals surface area contributed by atoms with Crippen molar-refractivity contribution < 1.29 is 9.59 Å². The zero-order chi connectivity index (χ0) is 13.9. The monoisotopic (exact) mass is 263 g/mol. The van der Waals surface area contributed by atoms with Gasteiger partial charge < -0.3 is 9.13 Å². The van der Waals surface area contributed by atoms with Gasteiger partial charge in [-0.25, -0.2) is 0 Å². The van der Waals surface area contributed by atoms with Crippen molar-refractivity contribution in [3.8, 4) is 0 Å². The summed E-state index contributed by atoms with van der Waals surface area (Å²) >= 11 is 0. The summed E-state index contributed by atoms with van der Waals surface area (Å²) in [5.41, 5.74) is 1.10. The molecule has 0 fully saturated rings. The molecule has 0 aliphatic carbocycles. The van der Waals surface area contributed by atoms with E-state index < -0.39 is 9.12 Å². The summed E-state index contributed by atoms with van der Waals surface area (Å²) in [6.07, 6.45) is 0. The van der Waals surface area contributed by atoms with Crippen LogP contribution in [0.5, 0.6) is 0 Å². The minimum absolute atomic E-state index is 0.0276. The van der Waals surface area contributed by atoms with Crippen LogP contribution in [0.15, 0.2) is 24.3 Å². The summed E-state index contributed by atoms with van der Waals surface area (Å²) in [5, 5.41) is 1.07. The highest BCUT2D eigenvalue weighted by Gasteiger charge is 2.31. The van der Waals surface area contributed by atoms with Gasteiger partial charge in [0.1, 0.15) is 0 Å². The number of rotatable bonds is 3. The van der Waals surface area contributed by atoms with Crippen molar-refractivity contribution in [3.05, 3.63) is 29.8 Å². The molecule has 0 N–H and O–H groups in total. The number of amides is 2. The van der Waals surface area contributed by atoms with Gasteiger partial charge in [-0.05, 0) is 17.7 Å². The van der Waals surface area contributed by atoms with Crippen LogP contribution in [0.25, 0.3) is 0 Å².